The molecule has 0 bridgehead atoms. The Labute approximate surface area is 144 Å². The minimum atomic E-state index is -0.0944. The predicted molar refractivity (Wildman–Crippen MR) is 93.0 cm³/mol. The lowest BCUT2D eigenvalue weighted by Gasteiger charge is -2.23. The number of carbonyl (C=O) groups excluding carboxylic acids is 1. The number of carbonyl (C=O) groups is 1. The SMILES string of the molecule is CCOc1cc(CNC(=O)N[C@@H]2CCN(C3CCCC3)C2)ccn1. The van der Waals surface area contributed by atoms with E-state index in [1.165, 1.54) is 25.7 Å². The lowest BCUT2D eigenvalue weighted by Crippen LogP contribution is -2.43. The van der Waals surface area contributed by atoms with Gasteiger partial charge in [-0.15, -0.1) is 0 Å². The summed E-state index contributed by atoms with van der Waals surface area (Å²) in [5.74, 6) is 0.597. The van der Waals surface area contributed by atoms with Crippen LogP contribution in [0.15, 0.2) is 18.3 Å². The summed E-state index contributed by atoms with van der Waals surface area (Å²) in [6.07, 6.45) is 8.11. The Morgan fingerprint density at radius 1 is 1.38 bits per heavy atom. The number of rotatable bonds is 6. The monoisotopic (exact) mass is 332 g/mol. The molecular formula is C18H28N4O2. The number of pyridine rings is 1. The van der Waals surface area contributed by atoms with Crippen LogP contribution >= 0.6 is 0 Å². The molecule has 2 heterocycles. The largest absolute Gasteiger partial charge is 0.478 e. The summed E-state index contributed by atoms with van der Waals surface area (Å²) in [5.41, 5.74) is 0.989. The van der Waals surface area contributed by atoms with Gasteiger partial charge in [-0.05, 0) is 37.8 Å². The van der Waals surface area contributed by atoms with Gasteiger partial charge in [0.05, 0.1) is 6.61 Å². The third-order valence-electron chi connectivity index (χ3n) is 4.94. The first-order chi connectivity index (χ1) is 11.7. The van der Waals surface area contributed by atoms with E-state index in [0.29, 0.717) is 19.0 Å². The van der Waals surface area contributed by atoms with E-state index >= 15 is 0 Å². The molecule has 6 heteroatoms. The fourth-order valence-corrected chi connectivity index (χ4v) is 3.71. The van der Waals surface area contributed by atoms with Crippen LogP contribution in [0.25, 0.3) is 0 Å². The number of urea groups is 1. The number of ether oxygens (including phenoxy) is 1. The molecule has 1 aromatic heterocycles. The fraction of sp³-hybridized carbons (Fsp3) is 0.667. The Kier molecular flexibility index (Phi) is 5.91. The highest BCUT2D eigenvalue weighted by Gasteiger charge is 2.30. The summed E-state index contributed by atoms with van der Waals surface area (Å²) < 4.78 is 5.38. The quantitative estimate of drug-likeness (QED) is 0.839. The molecule has 1 aliphatic carbocycles. The number of nitrogens with zero attached hydrogens (tertiary/aromatic N) is 2. The molecule has 24 heavy (non-hydrogen) atoms. The Morgan fingerprint density at radius 3 is 3.00 bits per heavy atom. The molecule has 3 rings (SSSR count). The van der Waals surface area contributed by atoms with E-state index in [4.69, 9.17) is 4.74 Å². The number of hydrogen-bond acceptors (Lipinski definition) is 4. The van der Waals surface area contributed by atoms with Crippen molar-refractivity contribution in [2.24, 2.45) is 0 Å². The van der Waals surface area contributed by atoms with Crippen LogP contribution < -0.4 is 15.4 Å². The Hall–Kier alpha value is -1.82. The molecule has 6 nitrogen and oxygen atoms in total. The zero-order valence-electron chi connectivity index (χ0n) is 14.5. The van der Waals surface area contributed by atoms with Gasteiger partial charge in [0, 0.05) is 44.0 Å². The minimum absolute atomic E-state index is 0.0944. The number of amides is 2. The van der Waals surface area contributed by atoms with Crippen molar-refractivity contribution in [3.05, 3.63) is 23.9 Å². The summed E-state index contributed by atoms with van der Waals surface area (Å²) in [5, 5.41) is 6.03. The molecular weight excluding hydrogens is 304 g/mol. The lowest BCUT2D eigenvalue weighted by atomic mass is 10.2. The predicted octanol–water partition coefficient (Wildman–Crippen LogP) is 2.30. The highest BCUT2D eigenvalue weighted by atomic mass is 16.5. The van der Waals surface area contributed by atoms with Crippen LogP contribution in [0.3, 0.4) is 0 Å². The van der Waals surface area contributed by atoms with Crippen molar-refractivity contribution in [1.29, 1.82) is 0 Å². The average molecular weight is 332 g/mol. The highest BCUT2D eigenvalue weighted by molar-refractivity contribution is 5.74. The maximum atomic E-state index is 12.1. The van der Waals surface area contributed by atoms with Crippen LogP contribution in [-0.4, -0.2) is 47.7 Å². The fourth-order valence-electron chi connectivity index (χ4n) is 3.71. The van der Waals surface area contributed by atoms with Crippen LogP contribution in [0, 0.1) is 0 Å². The van der Waals surface area contributed by atoms with Gasteiger partial charge in [-0.2, -0.15) is 0 Å². The van der Waals surface area contributed by atoms with E-state index in [2.05, 4.69) is 20.5 Å². The standard InChI is InChI=1S/C18H28N4O2/c1-2-24-17-11-14(7-9-19-17)12-20-18(23)21-15-8-10-22(13-15)16-5-3-4-6-16/h7,9,11,15-16H,2-6,8,10,12-13H2,1H3,(H2,20,21,23)/t15-/m1/s1. The highest BCUT2D eigenvalue weighted by Crippen LogP contribution is 2.26. The number of aromatic nitrogens is 1. The van der Waals surface area contributed by atoms with Gasteiger partial charge in [-0.3, -0.25) is 4.90 Å². The minimum Gasteiger partial charge on any atom is -0.478 e. The van der Waals surface area contributed by atoms with Crippen molar-refractivity contribution < 1.29 is 9.53 Å². The normalized spacial score (nSPS) is 21.8. The molecule has 0 spiro atoms. The Balaban J connectivity index is 1.40. The van der Waals surface area contributed by atoms with Gasteiger partial charge in [0.2, 0.25) is 5.88 Å². The van der Waals surface area contributed by atoms with E-state index in [-0.39, 0.29) is 12.1 Å². The third-order valence-corrected chi connectivity index (χ3v) is 4.94. The van der Waals surface area contributed by atoms with Gasteiger partial charge in [0.15, 0.2) is 0 Å². The molecule has 0 aromatic carbocycles. The van der Waals surface area contributed by atoms with Gasteiger partial charge >= 0.3 is 6.03 Å². The van der Waals surface area contributed by atoms with Crippen molar-refractivity contribution in [2.45, 2.75) is 57.7 Å². The second-order valence-electron chi connectivity index (χ2n) is 6.68. The van der Waals surface area contributed by atoms with Gasteiger partial charge in [0.25, 0.3) is 0 Å². The van der Waals surface area contributed by atoms with E-state index in [0.717, 1.165) is 31.1 Å². The van der Waals surface area contributed by atoms with Crippen LogP contribution in [0.4, 0.5) is 4.79 Å². The van der Waals surface area contributed by atoms with Crippen LogP contribution in [0.1, 0.15) is 44.6 Å². The van der Waals surface area contributed by atoms with E-state index in [1.54, 1.807) is 6.20 Å². The summed E-state index contributed by atoms with van der Waals surface area (Å²) in [7, 11) is 0. The molecule has 1 aromatic rings. The van der Waals surface area contributed by atoms with Crippen LogP contribution in [0.2, 0.25) is 0 Å². The second-order valence-corrected chi connectivity index (χ2v) is 6.68. The molecule has 2 aliphatic rings. The molecule has 1 saturated heterocycles. The second kappa shape index (κ2) is 8.33. The van der Waals surface area contributed by atoms with E-state index < -0.39 is 0 Å². The third kappa shape index (κ3) is 4.60. The van der Waals surface area contributed by atoms with Crippen molar-refractivity contribution >= 4 is 6.03 Å². The topological polar surface area (TPSA) is 66.5 Å². The van der Waals surface area contributed by atoms with Crippen LogP contribution in [-0.2, 0) is 6.54 Å². The number of likely N-dealkylation sites (tertiary alicyclic amines) is 1. The lowest BCUT2D eigenvalue weighted by molar-refractivity contribution is 0.227. The maximum Gasteiger partial charge on any atom is 0.315 e. The molecule has 0 radical (unpaired) electrons. The number of nitrogens with one attached hydrogen (secondary N) is 2. The molecule has 1 saturated carbocycles. The maximum absolute atomic E-state index is 12.1. The molecule has 2 amide bonds. The first-order valence-electron chi connectivity index (χ1n) is 9.10. The summed E-state index contributed by atoms with van der Waals surface area (Å²) in [4.78, 5) is 18.8. The molecule has 1 aliphatic heterocycles. The number of hydrogen-bond donors (Lipinski definition) is 2. The van der Waals surface area contributed by atoms with Crippen molar-refractivity contribution in [1.82, 2.24) is 20.5 Å². The summed E-state index contributed by atoms with van der Waals surface area (Å²) >= 11 is 0. The van der Waals surface area contributed by atoms with Gasteiger partial charge in [0.1, 0.15) is 0 Å². The zero-order chi connectivity index (χ0) is 16.8. The molecule has 0 unspecified atom stereocenters. The molecule has 2 fully saturated rings. The first-order valence-corrected chi connectivity index (χ1v) is 9.10. The first kappa shape index (κ1) is 17.0. The van der Waals surface area contributed by atoms with Crippen LogP contribution in [0.5, 0.6) is 5.88 Å². The van der Waals surface area contributed by atoms with E-state index in [9.17, 15) is 4.79 Å². The van der Waals surface area contributed by atoms with Crippen molar-refractivity contribution in [3.63, 3.8) is 0 Å². The molecule has 1 atom stereocenters. The zero-order valence-corrected chi connectivity index (χ0v) is 14.5. The molecule has 132 valence electrons. The average Bonchev–Trinajstić information content (AvgIpc) is 3.25. The smallest absolute Gasteiger partial charge is 0.315 e. The van der Waals surface area contributed by atoms with E-state index in [1.807, 2.05) is 19.1 Å². The van der Waals surface area contributed by atoms with Gasteiger partial charge in [-0.1, -0.05) is 12.8 Å². The van der Waals surface area contributed by atoms with Gasteiger partial charge < -0.3 is 15.4 Å². The molecule has 2 N–H and O–H groups in total. The summed E-state index contributed by atoms with van der Waals surface area (Å²) in [6, 6.07) is 4.67. The summed E-state index contributed by atoms with van der Waals surface area (Å²) in [6.45, 7) is 5.09. The van der Waals surface area contributed by atoms with Crippen molar-refractivity contribution in [2.75, 3.05) is 19.7 Å². The van der Waals surface area contributed by atoms with Crippen molar-refractivity contribution in [3.8, 4) is 5.88 Å². The Morgan fingerprint density at radius 2 is 2.21 bits per heavy atom. The van der Waals surface area contributed by atoms with Gasteiger partial charge in [-0.25, -0.2) is 9.78 Å². The Bertz CT molecular complexity index is 546.